The first-order valence-electron chi connectivity index (χ1n) is 8.26. The number of hydrogen-bond acceptors (Lipinski definition) is 6. The number of carbonyl (C=O) groups is 1. The first-order valence-corrected chi connectivity index (χ1v) is 9.65. The molecule has 0 aliphatic carbocycles. The lowest BCUT2D eigenvalue weighted by atomic mass is 9.98. The fourth-order valence-corrected chi connectivity index (χ4v) is 3.06. The van der Waals surface area contributed by atoms with Gasteiger partial charge in [-0.15, -0.1) is 10.2 Å². The van der Waals surface area contributed by atoms with Crippen LogP contribution in [0.4, 0.5) is 0 Å². The number of H-pyrrole nitrogens is 1. The van der Waals surface area contributed by atoms with Gasteiger partial charge < -0.3 is 10.1 Å². The summed E-state index contributed by atoms with van der Waals surface area (Å²) in [6.07, 6.45) is 2.75. The Kier molecular flexibility index (Phi) is 7.24. The molecule has 1 heterocycles. The molecular weight excluding hydrogens is 338 g/mol. The van der Waals surface area contributed by atoms with Crippen LogP contribution in [0.5, 0.6) is 5.75 Å². The zero-order valence-electron chi connectivity index (χ0n) is 15.1. The maximum atomic E-state index is 12.2. The third-order valence-corrected chi connectivity index (χ3v) is 4.50. The van der Waals surface area contributed by atoms with Crippen LogP contribution in [0, 0.1) is 6.92 Å². The molecule has 1 aromatic carbocycles. The Morgan fingerprint density at radius 2 is 2.20 bits per heavy atom. The topological polar surface area (TPSA) is 92.8 Å². The Hall–Kier alpha value is -2.09. The quantitative estimate of drug-likeness (QED) is 0.711. The number of nitrogens with one attached hydrogen (secondary N) is 2. The molecule has 0 aliphatic heterocycles. The number of amides is 1. The van der Waals surface area contributed by atoms with Gasteiger partial charge in [-0.3, -0.25) is 4.79 Å². The van der Waals surface area contributed by atoms with E-state index in [0.29, 0.717) is 17.5 Å². The van der Waals surface area contributed by atoms with Gasteiger partial charge in [0.1, 0.15) is 5.75 Å². The summed E-state index contributed by atoms with van der Waals surface area (Å²) in [7, 11) is 0. The van der Waals surface area contributed by atoms with Gasteiger partial charge in [0.2, 0.25) is 0 Å². The molecular formula is C17H25N5O2S. The van der Waals surface area contributed by atoms with Gasteiger partial charge in [-0.25, -0.2) is 0 Å². The van der Waals surface area contributed by atoms with Crippen LogP contribution in [0.15, 0.2) is 18.2 Å². The second-order valence-electron chi connectivity index (χ2n) is 6.13. The van der Waals surface area contributed by atoms with Gasteiger partial charge in [-0.05, 0) is 54.5 Å². The van der Waals surface area contributed by atoms with Crippen molar-refractivity contribution in [1.29, 1.82) is 0 Å². The number of thioether (sulfide) groups is 1. The van der Waals surface area contributed by atoms with Crippen molar-refractivity contribution in [1.82, 2.24) is 25.9 Å². The van der Waals surface area contributed by atoms with E-state index < -0.39 is 0 Å². The van der Waals surface area contributed by atoms with E-state index in [9.17, 15) is 4.79 Å². The number of aryl methyl sites for hydroxylation is 1. The van der Waals surface area contributed by atoms with Crippen molar-refractivity contribution in [3.05, 3.63) is 35.2 Å². The standard InChI is InChI=1S/C17H25N5O2S/c1-11(2)14-6-5-13(9-12(14)3)24-10-16(23)18-15(7-8-25-4)17-19-21-22-20-17/h5-6,9,11,15H,7-8,10H2,1-4H3,(H,18,23)(H,19,20,21,22)/t15-/m1/s1. The molecule has 0 saturated carbocycles. The van der Waals surface area contributed by atoms with Crippen LogP contribution < -0.4 is 10.1 Å². The first kappa shape index (κ1) is 19.2. The monoisotopic (exact) mass is 363 g/mol. The molecule has 0 radical (unpaired) electrons. The smallest absolute Gasteiger partial charge is 0.258 e. The van der Waals surface area contributed by atoms with Gasteiger partial charge in [0.15, 0.2) is 12.4 Å². The molecule has 7 nitrogen and oxygen atoms in total. The lowest BCUT2D eigenvalue weighted by Crippen LogP contribution is -2.33. The highest BCUT2D eigenvalue weighted by atomic mass is 32.2. The van der Waals surface area contributed by atoms with Crippen molar-refractivity contribution in [3.8, 4) is 5.75 Å². The number of aromatic amines is 1. The molecule has 1 aromatic heterocycles. The fraction of sp³-hybridized carbons (Fsp3) is 0.529. The molecule has 1 amide bonds. The third kappa shape index (κ3) is 5.74. The summed E-state index contributed by atoms with van der Waals surface area (Å²) in [5.41, 5.74) is 2.45. The summed E-state index contributed by atoms with van der Waals surface area (Å²) < 4.78 is 5.62. The molecule has 0 saturated heterocycles. The van der Waals surface area contributed by atoms with Crippen molar-refractivity contribution >= 4 is 17.7 Å². The second kappa shape index (κ2) is 9.41. The lowest BCUT2D eigenvalue weighted by molar-refractivity contribution is -0.123. The minimum Gasteiger partial charge on any atom is -0.484 e. The van der Waals surface area contributed by atoms with Crippen molar-refractivity contribution < 1.29 is 9.53 Å². The number of benzene rings is 1. The van der Waals surface area contributed by atoms with E-state index in [1.807, 2.05) is 24.5 Å². The molecule has 2 rings (SSSR count). The Labute approximate surface area is 152 Å². The number of hydrogen-bond donors (Lipinski definition) is 2. The molecule has 0 bridgehead atoms. The van der Waals surface area contributed by atoms with Crippen molar-refractivity contribution in [2.75, 3.05) is 18.6 Å². The van der Waals surface area contributed by atoms with Gasteiger partial charge in [0, 0.05) is 0 Å². The minimum absolute atomic E-state index is 0.0475. The highest BCUT2D eigenvalue weighted by Gasteiger charge is 2.18. The van der Waals surface area contributed by atoms with Gasteiger partial charge in [-0.2, -0.15) is 17.0 Å². The Morgan fingerprint density at radius 3 is 2.80 bits per heavy atom. The predicted octanol–water partition coefficient (Wildman–Crippen LogP) is 2.62. The van der Waals surface area contributed by atoms with E-state index in [0.717, 1.165) is 17.7 Å². The maximum Gasteiger partial charge on any atom is 0.258 e. The van der Waals surface area contributed by atoms with Crippen molar-refractivity contribution in [2.45, 2.75) is 39.2 Å². The molecule has 0 spiro atoms. The molecule has 136 valence electrons. The molecule has 0 fully saturated rings. The summed E-state index contributed by atoms with van der Waals surface area (Å²) in [6.45, 7) is 6.32. The molecule has 1 atom stereocenters. The Balaban J connectivity index is 1.91. The number of ether oxygens (including phenoxy) is 1. The zero-order chi connectivity index (χ0) is 18.2. The summed E-state index contributed by atoms with van der Waals surface area (Å²) in [5.74, 6) is 2.32. The number of nitrogens with zero attached hydrogens (tertiary/aromatic N) is 3. The summed E-state index contributed by atoms with van der Waals surface area (Å²) in [4.78, 5) is 12.2. The van der Waals surface area contributed by atoms with E-state index >= 15 is 0 Å². The first-order chi connectivity index (χ1) is 12.0. The lowest BCUT2D eigenvalue weighted by Gasteiger charge is -2.16. The van der Waals surface area contributed by atoms with E-state index in [4.69, 9.17) is 4.74 Å². The summed E-state index contributed by atoms with van der Waals surface area (Å²) in [6, 6.07) is 5.65. The molecule has 8 heteroatoms. The van der Waals surface area contributed by atoms with E-state index in [1.165, 1.54) is 5.56 Å². The summed E-state index contributed by atoms with van der Waals surface area (Å²) in [5, 5.41) is 16.8. The molecule has 0 unspecified atom stereocenters. The minimum atomic E-state index is -0.271. The molecule has 2 N–H and O–H groups in total. The van der Waals surface area contributed by atoms with Crippen LogP contribution in [0.3, 0.4) is 0 Å². The molecule has 25 heavy (non-hydrogen) atoms. The average Bonchev–Trinajstić information content (AvgIpc) is 3.11. The van der Waals surface area contributed by atoms with Crippen LogP contribution in [0.2, 0.25) is 0 Å². The third-order valence-electron chi connectivity index (χ3n) is 3.85. The largest absolute Gasteiger partial charge is 0.484 e. The Bertz CT molecular complexity index is 676. The van der Waals surface area contributed by atoms with Gasteiger partial charge in [0.05, 0.1) is 6.04 Å². The number of tetrazole rings is 1. The van der Waals surface area contributed by atoms with E-state index in [2.05, 4.69) is 46.7 Å². The molecule has 2 aromatic rings. The number of aromatic nitrogens is 4. The van der Waals surface area contributed by atoms with Crippen molar-refractivity contribution in [2.24, 2.45) is 0 Å². The predicted molar refractivity (Wildman–Crippen MR) is 98.8 cm³/mol. The highest BCUT2D eigenvalue weighted by molar-refractivity contribution is 7.98. The molecule has 0 aliphatic rings. The average molecular weight is 363 g/mol. The van der Waals surface area contributed by atoms with Gasteiger partial charge >= 0.3 is 0 Å². The second-order valence-corrected chi connectivity index (χ2v) is 7.12. The van der Waals surface area contributed by atoms with Crippen LogP contribution in [0.1, 0.15) is 49.2 Å². The van der Waals surface area contributed by atoms with Gasteiger partial charge in [-0.1, -0.05) is 25.1 Å². The maximum absolute atomic E-state index is 12.2. The summed E-state index contributed by atoms with van der Waals surface area (Å²) >= 11 is 1.70. The number of carbonyl (C=O) groups excluding carboxylic acids is 1. The van der Waals surface area contributed by atoms with Crippen LogP contribution in [0.25, 0.3) is 0 Å². The van der Waals surface area contributed by atoms with Crippen LogP contribution in [-0.4, -0.2) is 45.1 Å². The van der Waals surface area contributed by atoms with E-state index in [-0.39, 0.29) is 18.6 Å². The van der Waals surface area contributed by atoms with Gasteiger partial charge in [0.25, 0.3) is 5.91 Å². The SMILES string of the molecule is CSCC[C@@H](NC(=O)COc1ccc(C(C)C)c(C)c1)c1nn[nH]n1. The van der Waals surface area contributed by atoms with Crippen molar-refractivity contribution in [3.63, 3.8) is 0 Å². The fourth-order valence-electron chi connectivity index (χ4n) is 2.59. The highest BCUT2D eigenvalue weighted by Crippen LogP contribution is 2.23. The van der Waals surface area contributed by atoms with Crippen LogP contribution >= 0.6 is 11.8 Å². The Morgan fingerprint density at radius 1 is 1.40 bits per heavy atom. The van der Waals surface area contributed by atoms with Crippen LogP contribution in [-0.2, 0) is 4.79 Å². The zero-order valence-corrected chi connectivity index (χ0v) is 15.9. The normalized spacial score (nSPS) is 12.2. The number of rotatable bonds is 9. The van der Waals surface area contributed by atoms with E-state index in [1.54, 1.807) is 11.8 Å².